The zero-order chi connectivity index (χ0) is 11.4. The highest BCUT2D eigenvalue weighted by molar-refractivity contribution is 5.75. The highest BCUT2D eigenvalue weighted by Gasteiger charge is 2.16. The van der Waals surface area contributed by atoms with Crippen molar-refractivity contribution in [3.63, 3.8) is 0 Å². The van der Waals surface area contributed by atoms with E-state index in [-0.39, 0.29) is 0 Å². The van der Waals surface area contributed by atoms with Crippen molar-refractivity contribution < 1.29 is 9.53 Å². The van der Waals surface area contributed by atoms with Crippen LogP contribution in [-0.2, 0) is 22.5 Å². The lowest BCUT2D eigenvalue weighted by Crippen LogP contribution is -2.33. The Morgan fingerprint density at radius 1 is 1.73 bits per heavy atom. The van der Waals surface area contributed by atoms with E-state index in [0.29, 0.717) is 6.42 Å². The normalized spacial score (nSPS) is 12.5. The van der Waals surface area contributed by atoms with E-state index in [0.717, 1.165) is 17.8 Å². The number of nitrogens with two attached hydrogens (primary N) is 1. The van der Waals surface area contributed by atoms with Crippen LogP contribution in [0.4, 0.5) is 0 Å². The van der Waals surface area contributed by atoms with Crippen LogP contribution in [0.15, 0.2) is 6.20 Å². The van der Waals surface area contributed by atoms with Crippen LogP contribution in [0, 0.1) is 6.92 Å². The van der Waals surface area contributed by atoms with Crippen LogP contribution >= 0.6 is 0 Å². The molecule has 0 aliphatic rings. The Labute approximate surface area is 89.2 Å². The van der Waals surface area contributed by atoms with Crippen LogP contribution in [0.25, 0.3) is 0 Å². The molecule has 1 rings (SSSR count). The highest BCUT2D eigenvalue weighted by atomic mass is 16.5. The molecule has 0 spiro atoms. The fraction of sp³-hybridized carbons (Fsp3) is 0.600. The Kier molecular flexibility index (Phi) is 3.85. The standard InChI is InChI=1S/C10H17N3O2/c1-4-13-6-8(7(2)12-13)5-9(11)10(14)15-3/h6,9H,4-5,11H2,1-3H3. The molecular weight excluding hydrogens is 194 g/mol. The number of esters is 1. The monoisotopic (exact) mass is 211 g/mol. The summed E-state index contributed by atoms with van der Waals surface area (Å²) in [7, 11) is 1.34. The van der Waals surface area contributed by atoms with Crippen LogP contribution in [-0.4, -0.2) is 28.9 Å². The smallest absolute Gasteiger partial charge is 0.322 e. The second-order valence-corrected chi connectivity index (χ2v) is 3.43. The molecule has 0 fully saturated rings. The molecule has 1 aromatic rings. The van der Waals surface area contributed by atoms with Crippen molar-refractivity contribution in [3.05, 3.63) is 17.5 Å². The molecule has 1 aromatic heterocycles. The maximum absolute atomic E-state index is 11.1. The summed E-state index contributed by atoms with van der Waals surface area (Å²) in [4.78, 5) is 11.1. The van der Waals surface area contributed by atoms with Crippen molar-refractivity contribution in [2.45, 2.75) is 32.9 Å². The summed E-state index contributed by atoms with van der Waals surface area (Å²) < 4.78 is 6.39. The number of aryl methyl sites for hydroxylation is 2. The summed E-state index contributed by atoms with van der Waals surface area (Å²) in [6.45, 7) is 4.73. The van der Waals surface area contributed by atoms with Crippen molar-refractivity contribution in [2.24, 2.45) is 5.73 Å². The van der Waals surface area contributed by atoms with Crippen LogP contribution in [0.2, 0.25) is 0 Å². The van der Waals surface area contributed by atoms with Gasteiger partial charge in [0, 0.05) is 19.2 Å². The van der Waals surface area contributed by atoms with Gasteiger partial charge in [0.25, 0.3) is 0 Å². The van der Waals surface area contributed by atoms with Gasteiger partial charge in [-0.1, -0.05) is 0 Å². The van der Waals surface area contributed by atoms with E-state index >= 15 is 0 Å². The number of rotatable bonds is 4. The predicted molar refractivity (Wildman–Crippen MR) is 56.3 cm³/mol. The van der Waals surface area contributed by atoms with Gasteiger partial charge < -0.3 is 10.5 Å². The van der Waals surface area contributed by atoms with Gasteiger partial charge >= 0.3 is 5.97 Å². The van der Waals surface area contributed by atoms with E-state index in [2.05, 4.69) is 9.84 Å². The van der Waals surface area contributed by atoms with E-state index < -0.39 is 12.0 Å². The maximum atomic E-state index is 11.1. The van der Waals surface area contributed by atoms with Crippen molar-refractivity contribution in [1.82, 2.24) is 9.78 Å². The van der Waals surface area contributed by atoms with Gasteiger partial charge in [-0.05, 0) is 19.4 Å². The highest BCUT2D eigenvalue weighted by Crippen LogP contribution is 2.08. The first-order valence-electron chi connectivity index (χ1n) is 4.94. The van der Waals surface area contributed by atoms with Crippen molar-refractivity contribution in [1.29, 1.82) is 0 Å². The minimum absolute atomic E-state index is 0.390. The van der Waals surface area contributed by atoms with Gasteiger partial charge in [0.1, 0.15) is 6.04 Å². The molecule has 0 aromatic carbocycles. The summed E-state index contributed by atoms with van der Waals surface area (Å²) in [6.07, 6.45) is 2.39. The third-order valence-electron chi connectivity index (χ3n) is 2.32. The van der Waals surface area contributed by atoms with E-state index in [1.165, 1.54) is 7.11 Å². The lowest BCUT2D eigenvalue weighted by atomic mass is 10.1. The second-order valence-electron chi connectivity index (χ2n) is 3.43. The molecular formula is C10H17N3O2. The Morgan fingerprint density at radius 2 is 2.40 bits per heavy atom. The first-order chi connectivity index (χ1) is 7.08. The number of methoxy groups -OCH3 is 1. The Bertz CT molecular complexity index is 346. The quantitative estimate of drug-likeness (QED) is 0.725. The number of carbonyl (C=O) groups is 1. The van der Waals surface area contributed by atoms with E-state index in [9.17, 15) is 4.79 Å². The van der Waals surface area contributed by atoms with Crippen LogP contribution in [0.3, 0.4) is 0 Å². The number of hydrogen-bond donors (Lipinski definition) is 1. The van der Waals surface area contributed by atoms with Gasteiger partial charge in [0.2, 0.25) is 0 Å². The zero-order valence-electron chi connectivity index (χ0n) is 9.36. The lowest BCUT2D eigenvalue weighted by Gasteiger charge is -2.07. The third kappa shape index (κ3) is 2.79. The number of hydrogen-bond acceptors (Lipinski definition) is 4. The fourth-order valence-electron chi connectivity index (χ4n) is 1.39. The molecule has 0 radical (unpaired) electrons. The molecule has 1 unspecified atom stereocenters. The van der Waals surface area contributed by atoms with E-state index in [1.54, 1.807) is 0 Å². The van der Waals surface area contributed by atoms with Crippen molar-refractivity contribution >= 4 is 5.97 Å². The summed E-state index contributed by atoms with van der Waals surface area (Å²) in [6, 6.07) is -0.608. The minimum Gasteiger partial charge on any atom is -0.468 e. The molecule has 5 nitrogen and oxygen atoms in total. The first kappa shape index (κ1) is 11.7. The third-order valence-corrected chi connectivity index (χ3v) is 2.32. The van der Waals surface area contributed by atoms with Crippen molar-refractivity contribution in [2.75, 3.05) is 7.11 Å². The topological polar surface area (TPSA) is 70.1 Å². The Morgan fingerprint density at radius 3 is 2.87 bits per heavy atom. The first-order valence-corrected chi connectivity index (χ1v) is 4.94. The summed E-state index contributed by atoms with van der Waals surface area (Å²) in [5, 5.41) is 4.28. The molecule has 0 bridgehead atoms. The fourth-order valence-corrected chi connectivity index (χ4v) is 1.39. The van der Waals surface area contributed by atoms with Gasteiger partial charge in [0.05, 0.1) is 12.8 Å². The van der Waals surface area contributed by atoms with Gasteiger partial charge in [-0.25, -0.2) is 0 Å². The molecule has 0 saturated carbocycles. The average Bonchev–Trinajstić information content (AvgIpc) is 2.58. The number of nitrogens with zero attached hydrogens (tertiary/aromatic N) is 2. The van der Waals surface area contributed by atoms with Gasteiger partial charge in [-0.3, -0.25) is 9.48 Å². The number of aromatic nitrogens is 2. The molecule has 1 heterocycles. The largest absolute Gasteiger partial charge is 0.468 e. The molecule has 15 heavy (non-hydrogen) atoms. The van der Waals surface area contributed by atoms with E-state index in [4.69, 9.17) is 5.73 Å². The SMILES string of the molecule is CCn1cc(CC(N)C(=O)OC)c(C)n1. The molecule has 0 aliphatic carbocycles. The molecule has 0 aliphatic heterocycles. The molecule has 2 N–H and O–H groups in total. The van der Waals surface area contributed by atoms with Crippen LogP contribution < -0.4 is 5.73 Å². The predicted octanol–water partition coefficient (Wildman–Crippen LogP) is 0.254. The second kappa shape index (κ2) is 4.93. The zero-order valence-corrected chi connectivity index (χ0v) is 9.36. The van der Waals surface area contributed by atoms with Crippen molar-refractivity contribution in [3.8, 4) is 0 Å². The van der Waals surface area contributed by atoms with Gasteiger partial charge in [0.15, 0.2) is 0 Å². The lowest BCUT2D eigenvalue weighted by molar-refractivity contribution is -0.142. The summed E-state index contributed by atoms with van der Waals surface area (Å²) in [5.74, 6) is -0.390. The minimum atomic E-state index is -0.608. The van der Waals surface area contributed by atoms with Gasteiger partial charge in [-0.15, -0.1) is 0 Å². The van der Waals surface area contributed by atoms with E-state index in [1.807, 2.05) is 24.7 Å². The Balaban J connectivity index is 2.71. The summed E-state index contributed by atoms with van der Waals surface area (Å²) in [5.41, 5.74) is 7.58. The molecule has 1 atom stereocenters. The summed E-state index contributed by atoms with van der Waals surface area (Å²) >= 11 is 0. The molecule has 84 valence electrons. The maximum Gasteiger partial charge on any atom is 0.322 e. The van der Waals surface area contributed by atoms with Crippen LogP contribution in [0.1, 0.15) is 18.2 Å². The Hall–Kier alpha value is -1.36. The molecule has 0 saturated heterocycles. The molecule has 0 amide bonds. The average molecular weight is 211 g/mol. The van der Waals surface area contributed by atoms with Gasteiger partial charge in [-0.2, -0.15) is 5.10 Å². The van der Waals surface area contributed by atoms with Crippen LogP contribution in [0.5, 0.6) is 0 Å². The number of carbonyl (C=O) groups excluding carboxylic acids is 1. The number of ether oxygens (including phenoxy) is 1. The molecule has 5 heteroatoms.